The number of amides is 1. The maximum Gasteiger partial charge on any atom is 0.233 e. The van der Waals surface area contributed by atoms with Crippen LogP contribution in [0.1, 0.15) is 41.3 Å². The van der Waals surface area contributed by atoms with Crippen molar-refractivity contribution in [2.24, 2.45) is 0 Å². The lowest BCUT2D eigenvalue weighted by molar-refractivity contribution is -0.120. The van der Waals surface area contributed by atoms with E-state index in [-0.39, 0.29) is 11.2 Å². The van der Waals surface area contributed by atoms with Crippen molar-refractivity contribution in [3.63, 3.8) is 0 Å². The molecule has 0 saturated carbocycles. The zero-order valence-corrected chi connectivity index (χ0v) is 19.3. The van der Waals surface area contributed by atoms with Gasteiger partial charge >= 0.3 is 0 Å². The maximum atomic E-state index is 12.7. The number of carbonyl (C=O) groups excluding carboxylic acids is 1. The minimum absolute atomic E-state index is 0.0513. The Bertz CT molecular complexity index is 954. The van der Waals surface area contributed by atoms with Gasteiger partial charge < -0.3 is 14.8 Å². The van der Waals surface area contributed by atoms with Crippen LogP contribution in [0.25, 0.3) is 0 Å². The summed E-state index contributed by atoms with van der Waals surface area (Å²) in [4.78, 5) is 17.3. The molecule has 0 bridgehead atoms. The molecule has 0 aliphatic heterocycles. The first-order valence-corrected chi connectivity index (χ1v) is 10.8. The Kier molecular flexibility index (Phi) is 8.55. The highest BCUT2D eigenvalue weighted by Crippen LogP contribution is 2.31. The molecule has 2 rings (SSSR count). The van der Waals surface area contributed by atoms with Gasteiger partial charge in [-0.2, -0.15) is 5.26 Å². The summed E-state index contributed by atoms with van der Waals surface area (Å²) in [5.41, 5.74) is 4.43. The molecule has 0 spiro atoms. The number of carbonyl (C=O) groups is 1. The third kappa shape index (κ3) is 5.45. The molecule has 2 aromatic rings. The van der Waals surface area contributed by atoms with E-state index in [0.29, 0.717) is 41.5 Å². The Labute approximate surface area is 183 Å². The third-order valence-electron chi connectivity index (χ3n) is 5.15. The van der Waals surface area contributed by atoms with Crippen molar-refractivity contribution in [3.8, 4) is 17.6 Å². The normalized spacial score (nSPS) is 11.5. The molecule has 6 nitrogen and oxygen atoms in total. The number of benzene rings is 1. The zero-order valence-electron chi connectivity index (χ0n) is 18.5. The van der Waals surface area contributed by atoms with Crippen LogP contribution in [-0.2, 0) is 11.2 Å². The molecule has 1 N–H and O–H groups in total. The fraction of sp³-hybridized carbons (Fsp3) is 0.435. The first-order valence-electron chi connectivity index (χ1n) is 9.89. The van der Waals surface area contributed by atoms with Crippen molar-refractivity contribution in [2.45, 2.75) is 50.8 Å². The van der Waals surface area contributed by atoms with E-state index in [0.717, 1.165) is 22.4 Å². The predicted molar refractivity (Wildman–Crippen MR) is 119 cm³/mol. The van der Waals surface area contributed by atoms with Crippen molar-refractivity contribution < 1.29 is 14.3 Å². The number of aromatic nitrogens is 1. The number of aryl methyl sites for hydroxylation is 1. The molecule has 0 saturated heterocycles. The molecule has 0 fully saturated rings. The van der Waals surface area contributed by atoms with Gasteiger partial charge in [0.1, 0.15) is 11.1 Å². The average molecular weight is 428 g/mol. The first kappa shape index (κ1) is 23.6. The molecular formula is C23H29N3O3S. The lowest BCUT2D eigenvalue weighted by Gasteiger charge is -2.17. The Balaban J connectivity index is 2.04. The molecule has 1 unspecified atom stereocenters. The summed E-state index contributed by atoms with van der Waals surface area (Å²) in [5.74, 6) is 1.30. The zero-order chi connectivity index (χ0) is 22.3. The number of rotatable bonds is 9. The Hall–Kier alpha value is -2.72. The highest BCUT2D eigenvalue weighted by atomic mass is 32.2. The van der Waals surface area contributed by atoms with Gasteiger partial charge in [0.15, 0.2) is 11.5 Å². The summed E-state index contributed by atoms with van der Waals surface area (Å²) in [6.45, 7) is 8.29. The molecule has 7 heteroatoms. The molecule has 160 valence electrons. The van der Waals surface area contributed by atoms with E-state index in [1.807, 2.05) is 45.9 Å². The van der Waals surface area contributed by atoms with E-state index >= 15 is 0 Å². The van der Waals surface area contributed by atoms with Crippen LogP contribution in [0.4, 0.5) is 0 Å². The summed E-state index contributed by atoms with van der Waals surface area (Å²) in [6, 6.07) is 7.98. The van der Waals surface area contributed by atoms with Crippen LogP contribution >= 0.6 is 11.8 Å². The molecule has 30 heavy (non-hydrogen) atoms. The van der Waals surface area contributed by atoms with Crippen molar-refractivity contribution in [2.75, 3.05) is 20.8 Å². The molecule has 0 aliphatic carbocycles. The van der Waals surface area contributed by atoms with Crippen molar-refractivity contribution in [1.82, 2.24) is 10.3 Å². The van der Waals surface area contributed by atoms with Crippen molar-refractivity contribution >= 4 is 17.7 Å². The molecular weight excluding hydrogens is 398 g/mol. The van der Waals surface area contributed by atoms with E-state index in [9.17, 15) is 10.1 Å². The van der Waals surface area contributed by atoms with Crippen LogP contribution in [0.3, 0.4) is 0 Å². The van der Waals surface area contributed by atoms with E-state index < -0.39 is 0 Å². The molecule has 1 aromatic carbocycles. The van der Waals surface area contributed by atoms with Gasteiger partial charge in [-0.3, -0.25) is 4.79 Å². The topological polar surface area (TPSA) is 84.2 Å². The minimum atomic E-state index is -0.309. The first-order chi connectivity index (χ1) is 14.4. The van der Waals surface area contributed by atoms with Crippen molar-refractivity contribution in [1.29, 1.82) is 5.26 Å². The summed E-state index contributed by atoms with van der Waals surface area (Å²) >= 11 is 1.36. The number of nitrogens with one attached hydrogen (secondary N) is 1. The lowest BCUT2D eigenvalue weighted by atomic mass is 10.1. The van der Waals surface area contributed by atoms with Crippen LogP contribution < -0.4 is 14.8 Å². The standard InChI is InChI=1S/C23H29N3O3S/c1-7-21(30-23-18(13-24)15(3)14(2)16(4)26-23)22(27)25-11-10-17-8-9-19(28-5)20(12-17)29-6/h8-9,12,21H,7,10-11H2,1-6H3,(H,25,27). The molecule has 1 heterocycles. The van der Waals surface area contributed by atoms with Gasteiger partial charge in [-0.25, -0.2) is 4.98 Å². The van der Waals surface area contributed by atoms with Gasteiger partial charge in [-0.05, 0) is 62.4 Å². The number of thioether (sulfide) groups is 1. The molecule has 0 radical (unpaired) electrons. The summed E-state index contributed by atoms with van der Waals surface area (Å²) in [6.07, 6.45) is 1.32. The predicted octanol–water partition coefficient (Wildman–Crippen LogP) is 4.13. The van der Waals surface area contributed by atoms with Crippen LogP contribution in [-0.4, -0.2) is 36.9 Å². The van der Waals surface area contributed by atoms with Crippen molar-refractivity contribution in [3.05, 3.63) is 46.1 Å². The van der Waals surface area contributed by atoms with Crippen LogP contribution in [0, 0.1) is 32.1 Å². The summed E-state index contributed by atoms with van der Waals surface area (Å²) in [5, 5.41) is 12.9. The summed E-state index contributed by atoms with van der Waals surface area (Å²) in [7, 11) is 3.20. The van der Waals surface area contributed by atoms with E-state index in [2.05, 4.69) is 16.4 Å². The fourth-order valence-corrected chi connectivity index (χ4v) is 4.20. The number of nitrogens with zero attached hydrogens (tertiary/aromatic N) is 2. The minimum Gasteiger partial charge on any atom is -0.493 e. The second-order valence-corrected chi connectivity index (χ2v) is 8.18. The van der Waals surface area contributed by atoms with Gasteiger partial charge in [-0.1, -0.05) is 24.8 Å². The van der Waals surface area contributed by atoms with E-state index in [1.165, 1.54) is 11.8 Å². The second-order valence-electron chi connectivity index (χ2n) is 6.98. The molecule has 1 amide bonds. The van der Waals surface area contributed by atoms with Gasteiger partial charge in [0.25, 0.3) is 0 Å². The SMILES string of the molecule is CCC(Sc1nc(C)c(C)c(C)c1C#N)C(=O)NCCc1ccc(OC)c(OC)c1. The fourth-order valence-electron chi connectivity index (χ4n) is 3.07. The van der Waals surface area contributed by atoms with E-state index in [1.54, 1.807) is 14.2 Å². The number of hydrogen-bond donors (Lipinski definition) is 1. The number of pyridine rings is 1. The number of methoxy groups -OCH3 is 2. The highest BCUT2D eigenvalue weighted by molar-refractivity contribution is 8.00. The van der Waals surface area contributed by atoms with Crippen LogP contribution in [0.15, 0.2) is 23.2 Å². The average Bonchev–Trinajstić information content (AvgIpc) is 2.75. The largest absolute Gasteiger partial charge is 0.493 e. The molecule has 0 aliphatic rings. The Morgan fingerprint density at radius 3 is 2.50 bits per heavy atom. The Morgan fingerprint density at radius 1 is 1.20 bits per heavy atom. The van der Waals surface area contributed by atoms with E-state index in [4.69, 9.17) is 9.47 Å². The summed E-state index contributed by atoms with van der Waals surface area (Å²) < 4.78 is 10.6. The number of nitriles is 1. The van der Waals surface area contributed by atoms with Gasteiger partial charge in [-0.15, -0.1) is 0 Å². The number of ether oxygens (including phenoxy) is 2. The van der Waals surface area contributed by atoms with Gasteiger partial charge in [0.05, 0.1) is 25.0 Å². The maximum absolute atomic E-state index is 12.7. The second kappa shape index (κ2) is 10.9. The van der Waals surface area contributed by atoms with Crippen LogP contribution in [0.2, 0.25) is 0 Å². The van der Waals surface area contributed by atoms with Gasteiger partial charge in [0.2, 0.25) is 5.91 Å². The lowest BCUT2D eigenvalue weighted by Crippen LogP contribution is -2.33. The Morgan fingerprint density at radius 2 is 1.90 bits per heavy atom. The highest BCUT2D eigenvalue weighted by Gasteiger charge is 2.22. The molecule has 1 aromatic heterocycles. The smallest absolute Gasteiger partial charge is 0.233 e. The number of hydrogen-bond acceptors (Lipinski definition) is 6. The van der Waals surface area contributed by atoms with Crippen LogP contribution in [0.5, 0.6) is 11.5 Å². The quantitative estimate of drug-likeness (QED) is 0.606. The molecule has 1 atom stereocenters. The third-order valence-corrected chi connectivity index (χ3v) is 6.50. The van der Waals surface area contributed by atoms with Gasteiger partial charge in [0, 0.05) is 12.2 Å². The monoisotopic (exact) mass is 427 g/mol.